The Morgan fingerprint density at radius 3 is 2.73 bits per heavy atom. The molecule has 0 aliphatic heterocycles. The summed E-state index contributed by atoms with van der Waals surface area (Å²) in [6.45, 7) is 1.63. The van der Waals surface area contributed by atoms with E-state index in [2.05, 4.69) is 25.6 Å². The minimum atomic E-state index is -0.530. The summed E-state index contributed by atoms with van der Waals surface area (Å²) >= 11 is 5.53. The van der Waals surface area contributed by atoms with Crippen LogP contribution in [0.1, 0.15) is 31.2 Å². The molecule has 0 bridgehead atoms. The van der Waals surface area contributed by atoms with Crippen molar-refractivity contribution < 1.29 is 9.53 Å². The van der Waals surface area contributed by atoms with Gasteiger partial charge in [-0.25, -0.2) is 9.78 Å². The van der Waals surface area contributed by atoms with Gasteiger partial charge >= 0.3 is 6.03 Å². The summed E-state index contributed by atoms with van der Waals surface area (Å²) in [6, 6.07) is 9.26. The van der Waals surface area contributed by atoms with Crippen molar-refractivity contribution >= 4 is 34.7 Å². The van der Waals surface area contributed by atoms with Crippen LogP contribution in [-0.2, 0) is 13.2 Å². The van der Waals surface area contributed by atoms with Gasteiger partial charge in [0.1, 0.15) is 6.61 Å². The number of aryl methyl sites for hydroxylation is 1. The molecule has 2 aromatic heterocycles. The number of halogens is 1. The van der Waals surface area contributed by atoms with Gasteiger partial charge in [-0.15, -0.1) is 16.5 Å². The van der Waals surface area contributed by atoms with Gasteiger partial charge in [-0.2, -0.15) is 15.0 Å². The second-order valence-corrected chi connectivity index (χ2v) is 7.69. The molecule has 11 nitrogen and oxygen atoms in total. The van der Waals surface area contributed by atoms with Crippen molar-refractivity contribution in [2.45, 2.75) is 38.8 Å². The zero-order chi connectivity index (χ0) is 23.5. The smallest absolute Gasteiger partial charge is 0.340 e. The predicted octanol–water partition coefficient (Wildman–Crippen LogP) is 3.48. The van der Waals surface area contributed by atoms with E-state index in [0.717, 1.165) is 42.8 Å². The number of nitroso groups, excluding NO2 is 1. The highest BCUT2D eigenvalue weighted by Crippen LogP contribution is 2.23. The average Bonchev–Trinajstić information content (AvgIpc) is 3.23. The molecular weight excluding hydrogens is 448 g/mol. The Balaban J connectivity index is 1.45. The van der Waals surface area contributed by atoms with E-state index < -0.39 is 6.03 Å². The van der Waals surface area contributed by atoms with Crippen LogP contribution in [0.25, 0.3) is 11.2 Å². The lowest BCUT2D eigenvalue weighted by atomic mass is 10.2. The van der Waals surface area contributed by atoms with Gasteiger partial charge in [0.25, 0.3) is 0 Å². The number of nitrogens with two attached hydrogens (primary N) is 1. The molecule has 2 amide bonds. The van der Waals surface area contributed by atoms with E-state index in [0.29, 0.717) is 30.2 Å². The van der Waals surface area contributed by atoms with Gasteiger partial charge in [-0.3, -0.25) is 0 Å². The van der Waals surface area contributed by atoms with Crippen LogP contribution in [0.3, 0.4) is 0 Å². The number of fused-ring (bicyclic) bond motifs is 1. The third kappa shape index (κ3) is 7.01. The van der Waals surface area contributed by atoms with Gasteiger partial charge in [0, 0.05) is 19.0 Å². The molecule has 2 heterocycles. The fraction of sp³-hybridized carbons (Fsp3) is 0.429. The summed E-state index contributed by atoms with van der Waals surface area (Å²) in [5, 5.41) is 6.09. The number of nitrogens with one attached hydrogen (secondary N) is 1. The molecule has 0 atom stereocenters. The summed E-state index contributed by atoms with van der Waals surface area (Å²) in [4.78, 5) is 35.3. The number of ether oxygens (including phenoxy) is 1. The van der Waals surface area contributed by atoms with Crippen LogP contribution in [0.15, 0.2) is 41.9 Å². The molecule has 12 heteroatoms. The molecule has 0 unspecified atom stereocenters. The number of carbonyl (C=O) groups is 1. The molecule has 0 spiro atoms. The molecule has 1 aromatic carbocycles. The van der Waals surface area contributed by atoms with Crippen LogP contribution >= 0.6 is 11.6 Å². The van der Waals surface area contributed by atoms with E-state index in [1.54, 1.807) is 6.33 Å². The Hall–Kier alpha value is -3.47. The minimum absolute atomic E-state index is 0.0861. The molecule has 3 aromatic rings. The molecule has 0 aliphatic rings. The summed E-state index contributed by atoms with van der Waals surface area (Å²) in [5.41, 5.74) is 8.13. The molecule has 0 radical (unpaired) electrons. The first-order valence-corrected chi connectivity index (χ1v) is 11.3. The standard InChI is InChI=1S/C21H27ClN8O3/c22-10-13-30(28-32)21(31)24-11-6-1-2-7-12-29-15-25-17-18(29)26-20(23)27-19(17)33-14-16-8-4-3-5-9-16/h3-5,8-9,15H,1-2,6-7,10-14H2,(H,24,31)(H2,23,26,27). The Kier molecular flexibility index (Phi) is 9.19. The van der Waals surface area contributed by atoms with Crippen molar-refractivity contribution in [1.82, 2.24) is 29.8 Å². The highest BCUT2D eigenvalue weighted by atomic mass is 35.5. The van der Waals surface area contributed by atoms with Crippen molar-refractivity contribution in [2.75, 3.05) is 24.7 Å². The van der Waals surface area contributed by atoms with Crippen molar-refractivity contribution in [3.63, 3.8) is 0 Å². The van der Waals surface area contributed by atoms with Crippen LogP contribution in [-0.4, -0.2) is 49.5 Å². The monoisotopic (exact) mass is 474 g/mol. The van der Waals surface area contributed by atoms with Gasteiger partial charge in [-0.05, 0) is 18.4 Å². The summed E-state index contributed by atoms with van der Waals surface area (Å²) in [7, 11) is 0. The second kappa shape index (κ2) is 12.5. The van der Waals surface area contributed by atoms with Gasteiger partial charge in [-0.1, -0.05) is 43.2 Å². The molecule has 33 heavy (non-hydrogen) atoms. The molecule has 176 valence electrons. The number of benzene rings is 1. The SMILES string of the molecule is Nc1nc(OCc2ccccc2)c2ncn(CCCCCCNC(=O)N(CCCl)N=O)c2n1. The van der Waals surface area contributed by atoms with Crippen LogP contribution in [0, 0.1) is 4.91 Å². The third-order valence-corrected chi connectivity index (χ3v) is 5.07. The number of urea groups is 1. The Morgan fingerprint density at radius 2 is 1.97 bits per heavy atom. The number of rotatable bonds is 13. The number of anilines is 1. The topological polar surface area (TPSA) is 141 Å². The van der Waals surface area contributed by atoms with E-state index in [-0.39, 0.29) is 18.4 Å². The fourth-order valence-corrected chi connectivity index (χ4v) is 3.39. The van der Waals surface area contributed by atoms with Crippen molar-refractivity contribution in [1.29, 1.82) is 0 Å². The van der Waals surface area contributed by atoms with Crippen molar-refractivity contribution in [3.8, 4) is 5.88 Å². The van der Waals surface area contributed by atoms with Crippen LogP contribution in [0.5, 0.6) is 5.88 Å². The second-order valence-electron chi connectivity index (χ2n) is 7.31. The highest BCUT2D eigenvalue weighted by molar-refractivity contribution is 6.18. The number of hydrogen-bond donors (Lipinski definition) is 2. The van der Waals surface area contributed by atoms with Gasteiger partial charge in [0.2, 0.25) is 11.8 Å². The number of nitrogens with zero attached hydrogens (tertiary/aromatic N) is 6. The van der Waals surface area contributed by atoms with E-state index in [9.17, 15) is 9.70 Å². The molecule has 0 fully saturated rings. The molecular formula is C21H27ClN8O3. The summed E-state index contributed by atoms with van der Waals surface area (Å²) in [5.74, 6) is 0.652. The first-order valence-electron chi connectivity index (χ1n) is 10.7. The number of aromatic nitrogens is 4. The molecule has 3 rings (SSSR count). The maximum Gasteiger partial charge on any atom is 0.340 e. The third-order valence-electron chi connectivity index (χ3n) is 4.90. The average molecular weight is 475 g/mol. The number of alkyl halides is 1. The van der Waals surface area contributed by atoms with Gasteiger partial charge < -0.3 is 20.4 Å². The molecule has 0 saturated heterocycles. The van der Waals surface area contributed by atoms with Crippen LogP contribution < -0.4 is 15.8 Å². The normalized spacial score (nSPS) is 10.8. The maximum atomic E-state index is 11.7. The predicted molar refractivity (Wildman–Crippen MR) is 126 cm³/mol. The number of amides is 2. The first kappa shape index (κ1) is 24.2. The van der Waals surface area contributed by atoms with E-state index >= 15 is 0 Å². The quantitative estimate of drug-likeness (QED) is 0.167. The largest absolute Gasteiger partial charge is 0.471 e. The van der Waals surface area contributed by atoms with Gasteiger partial charge in [0.15, 0.2) is 11.2 Å². The van der Waals surface area contributed by atoms with E-state index in [1.165, 1.54) is 0 Å². The number of imidazole rings is 1. The lowest BCUT2D eigenvalue weighted by Crippen LogP contribution is -2.37. The number of nitrogen functional groups attached to an aromatic ring is 1. The van der Waals surface area contributed by atoms with E-state index in [4.69, 9.17) is 22.1 Å². The maximum absolute atomic E-state index is 11.7. The zero-order valence-corrected chi connectivity index (χ0v) is 18.9. The number of hydrogen-bond acceptors (Lipinski definition) is 8. The highest BCUT2D eigenvalue weighted by Gasteiger charge is 2.14. The number of unbranched alkanes of at least 4 members (excludes halogenated alkanes) is 3. The molecule has 0 aliphatic carbocycles. The Labute approximate surface area is 196 Å². The van der Waals surface area contributed by atoms with E-state index in [1.807, 2.05) is 34.9 Å². The number of carbonyl (C=O) groups excluding carboxylic acids is 1. The van der Waals surface area contributed by atoms with Crippen molar-refractivity contribution in [3.05, 3.63) is 47.1 Å². The van der Waals surface area contributed by atoms with Gasteiger partial charge in [0.05, 0.1) is 18.2 Å². The lowest BCUT2D eigenvalue weighted by Gasteiger charge is -2.12. The van der Waals surface area contributed by atoms with Crippen LogP contribution in [0.2, 0.25) is 0 Å². The summed E-state index contributed by atoms with van der Waals surface area (Å²) in [6.07, 6.45) is 5.27. The Bertz CT molecular complexity index is 1050. The fourth-order valence-electron chi connectivity index (χ4n) is 3.23. The van der Waals surface area contributed by atoms with Crippen LogP contribution in [0.4, 0.5) is 10.7 Å². The Morgan fingerprint density at radius 1 is 1.18 bits per heavy atom. The zero-order valence-electron chi connectivity index (χ0n) is 18.2. The molecule has 0 saturated carbocycles. The molecule has 3 N–H and O–H groups in total. The minimum Gasteiger partial charge on any atom is -0.471 e. The summed E-state index contributed by atoms with van der Waals surface area (Å²) < 4.78 is 7.79. The lowest BCUT2D eigenvalue weighted by molar-refractivity contribution is 0.202. The first-order chi connectivity index (χ1) is 16.1. The van der Waals surface area contributed by atoms with Crippen molar-refractivity contribution in [2.24, 2.45) is 5.29 Å².